The van der Waals surface area contributed by atoms with Gasteiger partial charge in [-0.3, -0.25) is 19.7 Å². The van der Waals surface area contributed by atoms with Crippen LogP contribution in [0.15, 0.2) is 60.7 Å². The van der Waals surface area contributed by atoms with Crippen LogP contribution in [0.25, 0.3) is 5.76 Å². The van der Waals surface area contributed by atoms with E-state index in [2.05, 4.69) is 6.58 Å². The number of non-ortho nitro benzene ring substituents is 1. The average molecular weight is 466 g/mol. The number of likely N-dealkylation sites (tertiary alicyclic amines) is 1. The lowest BCUT2D eigenvalue weighted by molar-refractivity contribution is -0.384. The Labute approximate surface area is 197 Å². The molecule has 0 bridgehead atoms. The molecule has 1 amide bonds. The third-order valence-electron chi connectivity index (χ3n) is 5.55. The van der Waals surface area contributed by atoms with E-state index in [1.165, 1.54) is 23.1 Å². The number of Topliss-reactive ketones (excluding diaryl/α,β-unsaturated/α-hetero) is 1. The number of hydrogen-bond acceptors (Lipinski definition) is 7. The monoisotopic (exact) mass is 465 g/mol. The smallest absolute Gasteiger partial charge is 0.295 e. The number of carbonyl (C=O) groups excluding carboxylic acids is 2. The van der Waals surface area contributed by atoms with Gasteiger partial charge in [-0.15, -0.1) is 0 Å². The summed E-state index contributed by atoms with van der Waals surface area (Å²) in [6.07, 6.45) is 1.61. The molecule has 0 radical (unpaired) electrons. The second kappa shape index (κ2) is 10.3. The Hall–Kier alpha value is -3.98. The number of likely N-dealkylation sites (N-methyl/N-ethyl adjacent to an activating group) is 1. The summed E-state index contributed by atoms with van der Waals surface area (Å²) in [4.78, 5) is 40.1. The third kappa shape index (κ3) is 4.99. The van der Waals surface area contributed by atoms with Crippen LogP contribution in [0.5, 0.6) is 5.75 Å². The molecule has 1 aliphatic rings. The van der Waals surface area contributed by atoms with Gasteiger partial charge in [-0.1, -0.05) is 24.8 Å². The zero-order valence-corrected chi connectivity index (χ0v) is 19.4. The summed E-state index contributed by atoms with van der Waals surface area (Å²) in [5, 5.41) is 22.6. The molecule has 1 N–H and O–H groups in total. The largest absolute Gasteiger partial charge is 0.507 e. The van der Waals surface area contributed by atoms with Crippen molar-refractivity contribution in [1.82, 2.24) is 9.80 Å². The van der Waals surface area contributed by atoms with Crippen molar-refractivity contribution in [1.29, 1.82) is 0 Å². The summed E-state index contributed by atoms with van der Waals surface area (Å²) < 4.78 is 5.52. The minimum atomic E-state index is -0.962. The van der Waals surface area contributed by atoms with Gasteiger partial charge in [0.25, 0.3) is 17.4 Å². The van der Waals surface area contributed by atoms with Crippen LogP contribution in [0.1, 0.15) is 22.7 Å². The highest BCUT2D eigenvalue weighted by Gasteiger charge is 2.46. The number of carbonyl (C=O) groups is 2. The van der Waals surface area contributed by atoms with Crippen molar-refractivity contribution in [2.75, 3.05) is 33.8 Å². The number of aryl methyl sites for hydroxylation is 1. The van der Waals surface area contributed by atoms with Crippen LogP contribution in [0, 0.1) is 17.0 Å². The fourth-order valence-electron chi connectivity index (χ4n) is 3.87. The second-order valence-corrected chi connectivity index (χ2v) is 8.22. The van der Waals surface area contributed by atoms with Crippen LogP contribution in [-0.4, -0.2) is 65.3 Å². The molecule has 1 atom stereocenters. The van der Waals surface area contributed by atoms with E-state index in [1.54, 1.807) is 37.3 Å². The van der Waals surface area contributed by atoms with Crippen molar-refractivity contribution in [3.8, 4) is 5.75 Å². The average Bonchev–Trinajstić information content (AvgIpc) is 3.06. The Kier molecular flexibility index (Phi) is 7.47. The van der Waals surface area contributed by atoms with Crippen LogP contribution >= 0.6 is 0 Å². The zero-order valence-electron chi connectivity index (χ0n) is 19.4. The Balaban J connectivity index is 2.16. The lowest BCUT2D eigenvalue weighted by Gasteiger charge is -2.26. The molecule has 1 aliphatic heterocycles. The molecule has 1 saturated heterocycles. The first-order chi connectivity index (χ1) is 16.1. The summed E-state index contributed by atoms with van der Waals surface area (Å²) in [5.74, 6) is -1.37. The molecule has 2 aromatic rings. The van der Waals surface area contributed by atoms with Gasteiger partial charge in [-0.25, -0.2) is 0 Å². The number of ketones is 1. The molecule has 0 aliphatic carbocycles. The maximum atomic E-state index is 13.1. The van der Waals surface area contributed by atoms with Gasteiger partial charge in [0.05, 0.1) is 16.5 Å². The highest BCUT2D eigenvalue weighted by Crippen LogP contribution is 2.40. The highest BCUT2D eigenvalue weighted by molar-refractivity contribution is 6.46. The zero-order chi connectivity index (χ0) is 25.0. The Morgan fingerprint density at radius 3 is 2.62 bits per heavy atom. The number of rotatable bonds is 9. The maximum Gasteiger partial charge on any atom is 0.295 e. The van der Waals surface area contributed by atoms with Gasteiger partial charge in [0.15, 0.2) is 0 Å². The van der Waals surface area contributed by atoms with E-state index in [0.29, 0.717) is 35.6 Å². The van der Waals surface area contributed by atoms with E-state index in [1.807, 2.05) is 19.0 Å². The molecule has 1 heterocycles. The summed E-state index contributed by atoms with van der Waals surface area (Å²) in [6.45, 7) is 6.34. The summed E-state index contributed by atoms with van der Waals surface area (Å²) >= 11 is 0. The molecule has 34 heavy (non-hydrogen) atoms. The van der Waals surface area contributed by atoms with Crippen molar-refractivity contribution in [3.05, 3.63) is 87.5 Å². The van der Waals surface area contributed by atoms with E-state index in [0.717, 1.165) is 0 Å². The standard InChI is InChI=1S/C25H27N3O6/c1-5-13-34-19-9-10-20(16(2)14-19)23(29)21-22(17-7-6-8-18(15-17)28(32)33)27(12-11-26(3)4)25(31)24(21)30/h5-10,14-15,22,29H,1,11-13H2,2-4H3/t22-/m0/s1. The Bertz CT molecular complexity index is 1170. The molecule has 178 valence electrons. The fraction of sp³-hybridized carbons (Fsp3) is 0.280. The highest BCUT2D eigenvalue weighted by atomic mass is 16.6. The number of benzene rings is 2. The molecule has 9 heteroatoms. The van der Waals surface area contributed by atoms with Crippen molar-refractivity contribution in [2.45, 2.75) is 13.0 Å². The Morgan fingerprint density at radius 2 is 2.00 bits per heavy atom. The predicted molar refractivity (Wildman–Crippen MR) is 128 cm³/mol. The molecule has 2 aromatic carbocycles. The number of aliphatic hydroxyl groups excluding tert-OH is 1. The first kappa shape index (κ1) is 24.7. The van der Waals surface area contributed by atoms with Gasteiger partial charge >= 0.3 is 0 Å². The predicted octanol–water partition coefficient (Wildman–Crippen LogP) is 3.45. The van der Waals surface area contributed by atoms with E-state index in [9.17, 15) is 24.8 Å². The second-order valence-electron chi connectivity index (χ2n) is 8.22. The van der Waals surface area contributed by atoms with Gasteiger partial charge < -0.3 is 19.6 Å². The van der Waals surface area contributed by atoms with Crippen LogP contribution in [0.2, 0.25) is 0 Å². The number of hydrogen-bond donors (Lipinski definition) is 1. The first-order valence-electron chi connectivity index (χ1n) is 10.7. The van der Waals surface area contributed by atoms with Crippen molar-refractivity contribution < 1.29 is 24.4 Å². The minimum Gasteiger partial charge on any atom is -0.507 e. The van der Waals surface area contributed by atoms with Crippen molar-refractivity contribution in [2.24, 2.45) is 0 Å². The maximum absolute atomic E-state index is 13.1. The Morgan fingerprint density at radius 1 is 1.26 bits per heavy atom. The minimum absolute atomic E-state index is 0.105. The molecule has 0 spiro atoms. The number of nitrogens with zero attached hydrogens (tertiary/aromatic N) is 3. The van der Waals surface area contributed by atoms with Gasteiger partial charge in [-0.2, -0.15) is 0 Å². The van der Waals surface area contributed by atoms with Crippen molar-refractivity contribution in [3.63, 3.8) is 0 Å². The van der Waals surface area contributed by atoms with Gasteiger partial charge in [0.2, 0.25) is 0 Å². The van der Waals surface area contributed by atoms with E-state index < -0.39 is 22.7 Å². The number of nitro groups is 1. The number of nitro benzene ring substituents is 1. The summed E-state index contributed by atoms with van der Waals surface area (Å²) in [5.41, 5.74) is 1.10. The lowest BCUT2D eigenvalue weighted by atomic mass is 9.93. The SMILES string of the molecule is C=CCOc1ccc(C(O)=C2C(=O)C(=O)N(CCN(C)C)[C@H]2c2cccc([N+](=O)[O-])c2)c(C)c1. The normalized spacial score (nSPS) is 17.3. The number of ether oxygens (including phenoxy) is 1. The van der Waals surface area contributed by atoms with E-state index in [-0.39, 0.29) is 23.6 Å². The van der Waals surface area contributed by atoms with Crippen LogP contribution in [0.4, 0.5) is 5.69 Å². The van der Waals surface area contributed by atoms with Crippen LogP contribution in [-0.2, 0) is 9.59 Å². The number of aliphatic hydroxyl groups is 1. The topological polar surface area (TPSA) is 113 Å². The van der Waals surface area contributed by atoms with E-state index >= 15 is 0 Å². The van der Waals surface area contributed by atoms with Crippen molar-refractivity contribution >= 4 is 23.1 Å². The van der Waals surface area contributed by atoms with Gasteiger partial charge in [-0.05, 0) is 50.3 Å². The van der Waals surface area contributed by atoms with E-state index in [4.69, 9.17) is 4.74 Å². The molecule has 0 saturated carbocycles. The molecule has 9 nitrogen and oxygen atoms in total. The summed E-state index contributed by atoms with van der Waals surface area (Å²) in [7, 11) is 3.66. The van der Waals surface area contributed by atoms with Crippen LogP contribution in [0.3, 0.4) is 0 Å². The number of amides is 1. The lowest BCUT2D eigenvalue weighted by Crippen LogP contribution is -2.35. The van der Waals surface area contributed by atoms with Crippen LogP contribution < -0.4 is 4.74 Å². The third-order valence-corrected chi connectivity index (χ3v) is 5.55. The first-order valence-corrected chi connectivity index (χ1v) is 10.7. The molecular weight excluding hydrogens is 438 g/mol. The molecule has 1 fully saturated rings. The molecule has 0 aromatic heterocycles. The molecular formula is C25H27N3O6. The summed E-state index contributed by atoms with van der Waals surface area (Å²) in [6, 6.07) is 9.78. The van der Waals surface area contributed by atoms with Gasteiger partial charge in [0.1, 0.15) is 18.1 Å². The molecule has 0 unspecified atom stereocenters. The quantitative estimate of drug-likeness (QED) is 0.151. The van der Waals surface area contributed by atoms with Gasteiger partial charge in [0, 0.05) is 30.8 Å². The molecule has 3 rings (SSSR count). The fourth-order valence-corrected chi connectivity index (χ4v) is 3.87.